The first-order valence-electron chi connectivity index (χ1n) is 3.74. The van der Waals surface area contributed by atoms with E-state index in [-0.39, 0.29) is 0 Å². The molecule has 0 saturated heterocycles. The van der Waals surface area contributed by atoms with Crippen LogP contribution in [0.5, 0.6) is 0 Å². The Hall–Kier alpha value is -0.530. The number of carboxylic acid groups (broad SMARTS) is 1. The maximum absolute atomic E-state index is 10.2. The van der Waals surface area contributed by atoms with Gasteiger partial charge in [0.25, 0.3) is 0 Å². The van der Waals surface area contributed by atoms with Crippen LogP contribution in [0.15, 0.2) is 0 Å². The summed E-state index contributed by atoms with van der Waals surface area (Å²) in [5, 5.41) is 8.40. The van der Waals surface area contributed by atoms with Gasteiger partial charge in [0, 0.05) is 6.42 Å². The molecule has 0 fully saturated rings. The van der Waals surface area contributed by atoms with Crippen molar-refractivity contribution in [3.05, 3.63) is 0 Å². The van der Waals surface area contributed by atoms with E-state index in [0.717, 1.165) is 6.42 Å². The lowest BCUT2D eigenvalue weighted by Gasteiger charge is -2.10. The Morgan fingerprint density at radius 3 is 2.20 bits per heavy atom. The van der Waals surface area contributed by atoms with E-state index in [4.69, 9.17) is 5.11 Å². The molecule has 2 nitrogen and oxygen atoms in total. The summed E-state index contributed by atoms with van der Waals surface area (Å²) in [6.45, 7) is 6.20. The lowest BCUT2D eigenvalue weighted by Crippen LogP contribution is -2.06. The summed E-state index contributed by atoms with van der Waals surface area (Å²) in [7, 11) is 0. The van der Waals surface area contributed by atoms with Crippen LogP contribution in [0.2, 0.25) is 0 Å². The van der Waals surface area contributed by atoms with Crippen molar-refractivity contribution in [3.8, 4) is 0 Å². The fourth-order valence-electron chi connectivity index (χ4n) is 1.19. The van der Waals surface area contributed by atoms with Gasteiger partial charge in [0.2, 0.25) is 0 Å². The van der Waals surface area contributed by atoms with E-state index in [9.17, 15) is 4.79 Å². The van der Waals surface area contributed by atoms with Gasteiger partial charge in [-0.1, -0.05) is 20.8 Å². The molecule has 0 aromatic carbocycles. The molecule has 1 unspecified atom stereocenters. The van der Waals surface area contributed by atoms with Crippen LogP contribution < -0.4 is 0 Å². The van der Waals surface area contributed by atoms with E-state index in [2.05, 4.69) is 13.8 Å². The number of carbonyl (C=O) groups is 1. The second kappa shape index (κ2) is 4.31. The third kappa shape index (κ3) is 5.60. The average molecular weight is 144 g/mol. The molecule has 0 aromatic heterocycles. The van der Waals surface area contributed by atoms with Gasteiger partial charge in [-0.05, 0) is 18.3 Å². The van der Waals surface area contributed by atoms with Crippen molar-refractivity contribution in [1.82, 2.24) is 0 Å². The van der Waals surface area contributed by atoms with E-state index in [1.165, 1.54) is 0 Å². The van der Waals surface area contributed by atoms with Gasteiger partial charge in [0.05, 0.1) is 0 Å². The minimum Gasteiger partial charge on any atom is -0.481 e. The molecule has 2 heteroatoms. The minimum atomic E-state index is -0.687. The minimum absolute atomic E-state index is 0.304. The molecular weight excluding hydrogens is 128 g/mol. The number of rotatable bonds is 4. The SMILES string of the molecule is CC(C)CC(C)CC(=O)O. The number of aliphatic carboxylic acids is 1. The van der Waals surface area contributed by atoms with Crippen molar-refractivity contribution in [2.45, 2.75) is 33.6 Å². The molecule has 0 saturated carbocycles. The molecule has 0 bridgehead atoms. The highest BCUT2D eigenvalue weighted by atomic mass is 16.4. The first-order chi connectivity index (χ1) is 4.52. The van der Waals surface area contributed by atoms with Crippen LogP contribution in [0.25, 0.3) is 0 Å². The highest BCUT2D eigenvalue weighted by Crippen LogP contribution is 2.13. The normalized spacial score (nSPS) is 13.6. The highest BCUT2D eigenvalue weighted by Gasteiger charge is 2.08. The van der Waals surface area contributed by atoms with Crippen molar-refractivity contribution in [1.29, 1.82) is 0 Å². The molecule has 0 aromatic rings. The molecule has 0 aliphatic carbocycles. The van der Waals surface area contributed by atoms with E-state index in [1.807, 2.05) is 6.92 Å². The van der Waals surface area contributed by atoms with Gasteiger partial charge in [-0.25, -0.2) is 0 Å². The van der Waals surface area contributed by atoms with Crippen LogP contribution >= 0.6 is 0 Å². The summed E-state index contributed by atoms with van der Waals surface area (Å²) in [6.07, 6.45) is 1.31. The Bertz CT molecular complexity index is 108. The zero-order chi connectivity index (χ0) is 8.15. The fourth-order valence-corrected chi connectivity index (χ4v) is 1.19. The van der Waals surface area contributed by atoms with Crippen molar-refractivity contribution < 1.29 is 9.90 Å². The average Bonchev–Trinajstić information content (AvgIpc) is 1.58. The molecule has 10 heavy (non-hydrogen) atoms. The molecule has 60 valence electrons. The van der Waals surface area contributed by atoms with Crippen molar-refractivity contribution in [2.75, 3.05) is 0 Å². The van der Waals surface area contributed by atoms with Crippen LogP contribution in [-0.4, -0.2) is 11.1 Å². The Morgan fingerprint density at radius 2 is 1.90 bits per heavy atom. The molecule has 0 spiro atoms. The van der Waals surface area contributed by atoms with Gasteiger partial charge < -0.3 is 5.11 Å². The van der Waals surface area contributed by atoms with Gasteiger partial charge in [-0.15, -0.1) is 0 Å². The molecule has 0 aliphatic heterocycles. The lowest BCUT2D eigenvalue weighted by molar-refractivity contribution is -0.138. The maximum atomic E-state index is 10.2. The smallest absolute Gasteiger partial charge is 0.303 e. The van der Waals surface area contributed by atoms with Gasteiger partial charge in [-0.3, -0.25) is 4.79 Å². The molecule has 0 heterocycles. The molecule has 1 N–H and O–H groups in total. The maximum Gasteiger partial charge on any atom is 0.303 e. The molecule has 1 atom stereocenters. The summed E-state index contributed by atoms with van der Waals surface area (Å²) in [5.41, 5.74) is 0. The summed E-state index contributed by atoms with van der Waals surface area (Å²) in [5.74, 6) is 0.236. The van der Waals surface area contributed by atoms with Crippen molar-refractivity contribution >= 4 is 5.97 Å². The quantitative estimate of drug-likeness (QED) is 0.656. The first-order valence-corrected chi connectivity index (χ1v) is 3.74. The number of carboxylic acids is 1. The van der Waals surface area contributed by atoms with Gasteiger partial charge in [0.15, 0.2) is 0 Å². The molecule has 0 aliphatic rings. The van der Waals surface area contributed by atoms with Gasteiger partial charge >= 0.3 is 5.97 Å². The van der Waals surface area contributed by atoms with Crippen LogP contribution in [-0.2, 0) is 4.79 Å². The van der Waals surface area contributed by atoms with E-state index >= 15 is 0 Å². The predicted molar refractivity (Wildman–Crippen MR) is 40.9 cm³/mol. The van der Waals surface area contributed by atoms with Crippen molar-refractivity contribution in [2.24, 2.45) is 11.8 Å². The van der Waals surface area contributed by atoms with E-state index < -0.39 is 5.97 Å². The summed E-state index contributed by atoms with van der Waals surface area (Å²) >= 11 is 0. The van der Waals surface area contributed by atoms with Crippen LogP contribution in [0.3, 0.4) is 0 Å². The molecule has 0 radical (unpaired) electrons. The van der Waals surface area contributed by atoms with Gasteiger partial charge in [-0.2, -0.15) is 0 Å². The van der Waals surface area contributed by atoms with E-state index in [0.29, 0.717) is 18.3 Å². The standard InChI is InChI=1S/C8H16O2/c1-6(2)4-7(3)5-8(9)10/h6-7H,4-5H2,1-3H3,(H,9,10). The zero-order valence-electron chi connectivity index (χ0n) is 6.92. The number of hydrogen-bond acceptors (Lipinski definition) is 1. The summed E-state index contributed by atoms with van der Waals surface area (Å²) in [4.78, 5) is 10.2. The summed E-state index contributed by atoms with van der Waals surface area (Å²) < 4.78 is 0. The van der Waals surface area contributed by atoms with Crippen molar-refractivity contribution in [3.63, 3.8) is 0 Å². The first kappa shape index (κ1) is 9.47. The third-order valence-electron chi connectivity index (χ3n) is 1.40. The van der Waals surface area contributed by atoms with Gasteiger partial charge in [0.1, 0.15) is 0 Å². The van der Waals surface area contributed by atoms with E-state index in [1.54, 1.807) is 0 Å². The summed E-state index contributed by atoms with van der Waals surface area (Å²) in [6, 6.07) is 0. The predicted octanol–water partition coefficient (Wildman–Crippen LogP) is 2.14. The lowest BCUT2D eigenvalue weighted by atomic mass is 9.96. The highest BCUT2D eigenvalue weighted by molar-refractivity contribution is 5.66. The van der Waals surface area contributed by atoms with Crippen LogP contribution in [0.4, 0.5) is 0 Å². The second-order valence-corrected chi connectivity index (χ2v) is 3.33. The largest absolute Gasteiger partial charge is 0.481 e. The fraction of sp³-hybridized carbons (Fsp3) is 0.875. The second-order valence-electron chi connectivity index (χ2n) is 3.33. The molecule has 0 rings (SSSR count). The third-order valence-corrected chi connectivity index (χ3v) is 1.40. The van der Waals surface area contributed by atoms with Crippen LogP contribution in [0, 0.1) is 11.8 Å². The Morgan fingerprint density at radius 1 is 1.40 bits per heavy atom. The molecular formula is C8H16O2. The topological polar surface area (TPSA) is 37.3 Å². The van der Waals surface area contributed by atoms with Crippen LogP contribution in [0.1, 0.15) is 33.6 Å². The monoisotopic (exact) mass is 144 g/mol. The number of hydrogen-bond donors (Lipinski definition) is 1. The Labute approximate surface area is 62.2 Å². The zero-order valence-corrected chi connectivity index (χ0v) is 6.92. The Kier molecular flexibility index (Phi) is 4.08. The Balaban J connectivity index is 3.43. The molecule has 0 amide bonds.